The third kappa shape index (κ3) is 2.71. The van der Waals surface area contributed by atoms with Crippen LogP contribution in [0.1, 0.15) is 0 Å². The zero-order valence-electron chi connectivity index (χ0n) is 12.9. The van der Waals surface area contributed by atoms with Crippen LogP contribution in [0.4, 0.5) is 10.1 Å². The van der Waals surface area contributed by atoms with E-state index in [1.807, 2.05) is 0 Å². The fraction of sp³-hybridized carbons (Fsp3) is 0.250. The first-order chi connectivity index (χ1) is 11.5. The van der Waals surface area contributed by atoms with E-state index < -0.39 is 17.7 Å². The monoisotopic (exact) mass is 333 g/mol. The van der Waals surface area contributed by atoms with Gasteiger partial charge in [0, 0.05) is 23.8 Å². The molecule has 2 heterocycles. The van der Waals surface area contributed by atoms with Crippen molar-refractivity contribution in [3.05, 3.63) is 41.5 Å². The van der Waals surface area contributed by atoms with Crippen molar-refractivity contribution in [2.75, 3.05) is 32.1 Å². The number of nitrogens with one attached hydrogen (secondary N) is 2. The maximum Gasteiger partial charge on any atom is 0.337 e. The number of carbonyl (C=O) groups is 2. The van der Waals surface area contributed by atoms with E-state index >= 15 is 0 Å². The molecule has 2 aromatic rings. The average Bonchev–Trinajstić information content (AvgIpc) is 3.15. The van der Waals surface area contributed by atoms with Crippen molar-refractivity contribution in [3.8, 4) is 0 Å². The molecular formula is C16H16FN3O4. The normalized spacial score (nSPS) is 14.6. The van der Waals surface area contributed by atoms with Gasteiger partial charge in [0.1, 0.15) is 11.5 Å². The highest BCUT2D eigenvalue weighted by molar-refractivity contribution is 6.08. The SMILES string of the molecule is COC(=O)C1=C(Nc2cc(F)c3[nH]ccc3c2)C(=O)N(CCO)C1. The highest BCUT2D eigenvalue weighted by Crippen LogP contribution is 2.26. The number of β-amino-alcohol motifs (C(OH)–C–C–N with tert-alkyl or cyclic N) is 1. The lowest BCUT2D eigenvalue weighted by atomic mass is 10.2. The zero-order valence-corrected chi connectivity index (χ0v) is 12.9. The van der Waals surface area contributed by atoms with Crippen molar-refractivity contribution in [1.82, 2.24) is 9.88 Å². The molecule has 0 fully saturated rings. The van der Waals surface area contributed by atoms with Gasteiger partial charge in [-0.15, -0.1) is 0 Å². The van der Waals surface area contributed by atoms with Gasteiger partial charge in [0.05, 0.1) is 31.4 Å². The first-order valence-electron chi connectivity index (χ1n) is 7.30. The largest absolute Gasteiger partial charge is 0.466 e. The number of halogens is 1. The number of aromatic amines is 1. The van der Waals surface area contributed by atoms with Gasteiger partial charge in [0.25, 0.3) is 5.91 Å². The molecule has 8 heteroatoms. The molecule has 0 spiro atoms. The number of anilines is 1. The molecule has 24 heavy (non-hydrogen) atoms. The minimum Gasteiger partial charge on any atom is -0.466 e. The summed E-state index contributed by atoms with van der Waals surface area (Å²) in [6, 6.07) is 4.61. The number of hydrogen-bond acceptors (Lipinski definition) is 5. The highest BCUT2D eigenvalue weighted by atomic mass is 19.1. The Balaban J connectivity index is 1.97. The van der Waals surface area contributed by atoms with Crippen molar-refractivity contribution >= 4 is 28.5 Å². The lowest BCUT2D eigenvalue weighted by Gasteiger charge is -2.15. The second kappa shape index (κ2) is 6.32. The molecule has 1 aliphatic heterocycles. The number of rotatable bonds is 5. The van der Waals surface area contributed by atoms with Crippen molar-refractivity contribution in [3.63, 3.8) is 0 Å². The van der Waals surface area contributed by atoms with E-state index in [9.17, 15) is 14.0 Å². The van der Waals surface area contributed by atoms with E-state index in [0.29, 0.717) is 16.6 Å². The third-order valence-electron chi connectivity index (χ3n) is 3.83. The number of H-pyrrole nitrogens is 1. The summed E-state index contributed by atoms with van der Waals surface area (Å²) in [7, 11) is 1.22. The van der Waals surface area contributed by atoms with Crippen LogP contribution in [0, 0.1) is 5.82 Å². The first kappa shape index (κ1) is 16.0. The zero-order chi connectivity index (χ0) is 17.3. The Morgan fingerprint density at radius 1 is 1.50 bits per heavy atom. The van der Waals surface area contributed by atoms with Crippen LogP contribution in [0.2, 0.25) is 0 Å². The molecule has 1 aliphatic rings. The van der Waals surface area contributed by atoms with E-state index in [2.05, 4.69) is 10.3 Å². The van der Waals surface area contributed by atoms with E-state index in [1.165, 1.54) is 18.1 Å². The Hall–Kier alpha value is -2.87. The van der Waals surface area contributed by atoms with Crippen LogP contribution in [0.15, 0.2) is 35.7 Å². The number of esters is 1. The topological polar surface area (TPSA) is 94.7 Å². The number of aliphatic hydroxyl groups is 1. The van der Waals surface area contributed by atoms with Crippen LogP contribution in [0.3, 0.4) is 0 Å². The molecule has 0 saturated heterocycles. The van der Waals surface area contributed by atoms with Crippen molar-refractivity contribution in [1.29, 1.82) is 0 Å². The Labute approximate surface area is 136 Å². The van der Waals surface area contributed by atoms with Crippen molar-refractivity contribution < 1.29 is 23.8 Å². The fourth-order valence-corrected chi connectivity index (χ4v) is 2.69. The predicted molar refractivity (Wildman–Crippen MR) is 84.6 cm³/mol. The van der Waals surface area contributed by atoms with Crippen LogP contribution >= 0.6 is 0 Å². The minimum atomic E-state index is -0.644. The Kier molecular flexibility index (Phi) is 4.22. The van der Waals surface area contributed by atoms with Crippen LogP contribution in [-0.4, -0.2) is 53.7 Å². The van der Waals surface area contributed by atoms with Gasteiger partial charge in [-0.3, -0.25) is 4.79 Å². The van der Waals surface area contributed by atoms with Gasteiger partial charge in [0.2, 0.25) is 0 Å². The van der Waals surface area contributed by atoms with Gasteiger partial charge in [0.15, 0.2) is 0 Å². The number of nitrogens with zero attached hydrogens (tertiary/aromatic N) is 1. The summed E-state index contributed by atoms with van der Waals surface area (Å²) < 4.78 is 18.8. The average molecular weight is 333 g/mol. The number of aliphatic hydroxyl groups excluding tert-OH is 1. The van der Waals surface area contributed by atoms with Gasteiger partial charge >= 0.3 is 5.97 Å². The molecule has 1 aromatic carbocycles. The molecule has 126 valence electrons. The number of fused-ring (bicyclic) bond motifs is 1. The molecule has 7 nitrogen and oxygen atoms in total. The van der Waals surface area contributed by atoms with Crippen molar-refractivity contribution in [2.45, 2.75) is 0 Å². The molecule has 1 amide bonds. The van der Waals surface area contributed by atoms with Gasteiger partial charge in [-0.2, -0.15) is 0 Å². The smallest absolute Gasteiger partial charge is 0.337 e. The summed E-state index contributed by atoms with van der Waals surface area (Å²) in [6.07, 6.45) is 1.61. The number of methoxy groups -OCH3 is 1. The van der Waals surface area contributed by atoms with E-state index in [4.69, 9.17) is 9.84 Å². The van der Waals surface area contributed by atoms with Crippen LogP contribution in [0.25, 0.3) is 10.9 Å². The summed E-state index contributed by atoms with van der Waals surface area (Å²) in [5, 5.41) is 12.5. The molecule has 1 aromatic heterocycles. The van der Waals surface area contributed by atoms with Gasteiger partial charge < -0.3 is 25.0 Å². The second-order valence-electron chi connectivity index (χ2n) is 5.32. The number of benzene rings is 1. The quantitative estimate of drug-likeness (QED) is 0.709. The highest BCUT2D eigenvalue weighted by Gasteiger charge is 2.34. The van der Waals surface area contributed by atoms with Crippen molar-refractivity contribution in [2.24, 2.45) is 0 Å². The second-order valence-corrected chi connectivity index (χ2v) is 5.32. The maximum atomic E-state index is 14.1. The third-order valence-corrected chi connectivity index (χ3v) is 3.83. The Morgan fingerprint density at radius 2 is 2.29 bits per heavy atom. The lowest BCUT2D eigenvalue weighted by molar-refractivity contribution is -0.136. The van der Waals surface area contributed by atoms with Crippen LogP contribution in [0.5, 0.6) is 0 Å². The molecule has 0 atom stereocenters. The Bertz CT molecular complexity index is 843. The lowest BCUT2D eigenvalue weighted by Crippen LogP contribution is -2.31. The molecule has 3 N–H and O–H groups in total. The molecular weight excluding hydrogens is 317 g/mol. The summed E-state index contributed by atoms with van der Waals surface area (Å²) in [5.41, 5.74) is 0.882. The molecule has 0 aliphatic carbocycles. The fourth-order valence-electron chi connectivity index (χ4n) is 2.69. The molecule has 3 rings (SSSR count). The summed E-state index contributed by atoms with van der Waals surface area (Å²) >= 11 is 0. The van der Waals surface area contributed by atoms with Crippen LogP contribution in [-0.2, 0) is 14.3 Å². The molecule has 0 unspecified atom stereocenters. The molecule has 0 saturated carbocycles. The number of ether oxygens (including phenoxy) is 1. The van der Waals surface area contributed by atoms with E-state index in [0.717, 1.165) is 0 Å². The Morgan fingerprint density at radius 3 is 3.00 bits per heavy atom. The van der Waals surface area contributed by atoms with Gasteiger partial charge in [-0.25, -0.2) is 9.18 Å². The number of aromatic nitrogens is 1. The number of hydrogen-bond donors (Lipinski definition) is 3. The predicted octanol–water partition coefficient (Wildman–Crippen LogP) is 0.980. The van der Waals surface area contributed by atoms with Gasteiger partial charge in [-0.05, 0) is 18.2 Å². The van der Waals surface area contributed by atoms with E-state index in [1.54, 1.807) is 18.3 Å². The minimum absolute atomic E-state index is 0.0310. The summed E-state index contributed by atoms with van der Waals surface area (Å²) in [4.78, 5) is 28.4. The maximum absolute atomic E-state index is 14.1. The standard InChI is InChI=1S/C16H16FN3O4/c1-24-16(23)11-8-20(4-5-21)15(22)14(11)19-10-6-9-2-3-18-13(9)12(17)7-10/h2-3,6-7,18-19,21H,4-5,8H2,1H3. The number of amides is 1. The van der Waals surface area contributed by atoms with Crippen LogP contribution < -0.4 is 5.32 Å². The number of carbonyl (C=O) groups excluding carboxylic acids is 2. The molecule has 0 radical (unpaired) electrons. The summed E-state index contributed by atoms with van der Waals surface area (Å²) in [6.45, 7) is -0.101. The first-order valence-corrected chi connectivity index (χ1v) is 7.30. The van der Waals surface area contributed by atoms with E-state index in [-0.39, 0.29) is 31.0 Å². The van der Waals surface area contributed by atoms with Gasteiger partial charge in [-0.1, -0.05) is 0 Å². The summed E-state index contributed by atoms with van der Waals surface area (Å²) in [5.74, 6) is -1.56. The molecule has 0 bridgehead atoms.